The number of nitrogens with zero attached hydrogens (tertiary/aromatic N) is 1. The van der Waals surface area contributed by atoms with Crippen molar-refractivity contribution in [3.05, 3.63) is 51.6 Å². The van der Waals surface area contributed by atoms with Gasteiger partial charge in [0, 0.05) is 15.7 Å². The average molecular weight is 283 g/mol. The third kappa shape index (κ3) is 2.21. The summed E-state index contributed by atoms with van der Waals surface area (Å²) in [6.45, 7) is 1.97. The van der Waals surface area contributed by atoms with Gasteiger partial charge in [0.1, 0.15) is 0 Å². The highest BCUT2D eigenvalue weighted by molar-refractivity contribution is 9.10. The van der Waals surface area contributed by atoms with Gasteiger partial charge in [-0.2, -0.15) is 0 Å². The quantitative estimate of drug-likeness (QED) is 0.752. The summed E-state index contributed by atoms with van der Waals surface area (Å²) in [5, 5.41) is 0.711. The van der Waals surface area contributed by atoms with Crippen LogP contribution in [-0.2, 0) is 0 Å². The summed E-state index contributed by atoms with van der Waals surface area (Å²) in [6.07, 6.45) is 0. The summed E-state index contributed by atoms with van der Waals surface area (Å²) in [5.41, 5.74) is 2.83. The highest BCUT2D eigenvalue weighted by Gasteiger charge is 2.08. The van der Waals surface area contributed by atoms with E-state index in [1.165, 1.54) is 0 Å². The minimum Gasteiger partial charge on any atom is -0.253 e. The average Bonchev–Trinajstić information content (AvgIpc) is 2.17. The lowest BCUT2D eigenvalue weighted by molar-refractivity contribution is 1.20. The molecule has 2 rings (SSSR count). The minimum absolute atomic E-state index is 0.711. The van der Waals surface area contributed by atoms with Crippen molar-refractivity contribution >= 4 is 27.5 Å². The van der Waals surface area contributed by atoms with Gasteiger partial charge in [0.25, 0.3) is 0 Å². The first-order valence-corrected chi connectivity index (χ1v) is 5.73. The van der Waals surface area contributed by atoms with E-state index in [2.05, 4.69) is 20.9 Å². The van der Waals surface area contributed by atoms with Crippen molar-refractivity contribution in [2.45, 2.75) is 6.92 Å². The standard InChI is InChI=1S/C12H9BrClN/c1-8-4-2-7-11(15-8)12-9(13)5-3-6-10(12)14/h2-7H,1H3. The fraction of sp³-hybridized carbons (Fsp3) is 0.0833. The molecule has 0 aliphatic rings. The van der Waals surface area contributed by atoms with Crippen LogP contribution in [0.15, 0.2) is 40.9 Å². The normalized spacial score (nSPS) is 10.3. The molecule has 0 spiro atoms. The van der Waals surface area contributed by atoms with E-state index in [9.17, 15) is 0 Å². The smallest absolute Gasteiger partial charge is 0.0731 e. The molecular weight excluding hydrogens is 273 g/mol. The van der Waals surface area contributed by atoms with Crippen LogP contribution in [0.1, 0.15) is 5.69 Å². The molecule has 0 aliphatic carbocycles. The van der Waals surface area contributed by atoms with Gasteiger partial charge in [0.2, 0.25) is 0 Å². The first-order valence-electron chi connectivity index (χ1n) is 4.56. The molecule has 0 bridgehead atoms. The molecular formula is C12H9BrClN. The predicted octanol–water partition coefficient (Wildman–Crippen LogP) is 4.47. The highest BCUT2D eigenvalue weighted by Crippen LogP contribution is 2.33. The van der Waals surface area contributed by atoms with Gasteiger partial charge >= 0.3 is 0 Å². The van der Waals surface area contributed by atoms with Crippen LogP contribution >= 0.6 is 27.5 Å². The third-order valence-corrected chi connectivity index (χ3v) is 3.08. The Morgan fingerprint density at radius 1 is 1.13 bits per heavy atom. The Hall–Kier alpha value is -0.860. The van der Waals surface area contributed by atoms with Crippen molar-refractivity contribution in [3.63, 3.8) is 0 Å². The van der Waals surface area contributed by atoms with Crippen molar-refractivity contribution in [2.75, 3.05) is 0 Å². The second kappa shape index (κ2) is 4.33. The second-order valence-corrected chi connectivity index (χ2v) is 4.52. The molecule has 76 valence electrons. The van der Waals surface area contributed by atoms with Gasteiger partial charge in [-0.25, -0.2) is 0 Å². The number of halogens is 2. The van der Waals surface area contributed by atoms with Gasteiger partial charge in [-0.05, 0) is 31.2 Å². The molecule has 1 heterocycles. The number of aromatic nitrogens is 1. The summed E-state index contributed by atoms with van der Waals surface area (Å²) in [4.78, 5) is 4.45. The van der Waals surface area contributed by atoms with Crippen LogP contribution in [0.25, 0.3) is 11.3 Å². The number of benzene rings is 1. The lowest BCUT2D eigenvalue weighted by Gasteiger charge is -2.06. The summed E-state index contributed by atoms with van der Waals surface area (Å²) in [6, 6.07) is 11.6. The second-order valence-electron chi connectivity index (χ2n) is 3.26. The van der Waals surface area contributed by atoms with Gasteiger partial charge in [-0.1, -0.05) is 39.7 Å². The monoisotopic (exact) mass is 281 g/mol. The largest absolute Gasteiger partial charge is 0.253 e. The van der Waals surface area contributed by atoms with E-state index < -0.39 is 0 Å². The molecule has 1 nitrogen and oxygen atoms in total. The maximum Gasteiger partial charge on any atom is 0.0731 e. The molecule has 15 heavy (non-hydrogen) atoms. The molecule has 0 saturated carbocycles. The van der Waals surface area contributed by atoms with E-state index in [0.717, 1.165) is 21.4 Å². The fourth-order valence-corrected chi connectivity index (χ4v) is 2.38. The minimum atomic E-state index is 0.711. The molecule has 0 atom stereocenters. The Morgan fingerprint density at radius 2 is 1.87 bits per heavy atom. The topological polar surface area (TPSA) is 12.9 Å². The molecule has 1 aromatic heterocycles. The number of hydrogen-bond donors (Lipinski definition) is 0. The van der Waals surface area contributed by atoms with Crippen molar-refractivity contribution in [1.82, 2.24) is 4.98 Å². The van der Waals surface area contributed by atoms with Crippen LogP contribution in [0.3, 0.4) is 0 Å². The Morgan fingerprint density at radius 3 is 2.53 bits per heavy atom. The van der Waals surface area contributed by atoms with Crippen LogP contribution < -0.4 is 0 Å². The van der Waals surface area contributed by atoms with Crippen LogP contribution in [-0.4, -0.2) is 4.98 Å². The molecule has 2 aromatic rings. The number of aryl methyl sites for hydroxylation is 1. The summed E-state index contributed by atoms with van der Waals surface area (Å²) in [7, 11) is 0. The van der Waals surface area contributed by atoms with Gasteiger partial charge in [0.05, 0.1) is 10.7 Å². The first kappa shape index (κ1) is 10.7. The Bertz CT molecular complexity index is 476. The molecule has 0 amide bonds. The molecule has 0 aliphatic heterocycles. The van der Waals surface area contributed by atoms with E-state index in [0.29, 0.717) is 5.02 Å². The fourth-order valence-electron chi connectivity index (χ4n) is 1.42. The van der Waals surface area contributed by atoms with Crippen molar-refractivity contribution in [1.29, 1.82) is 0 Å². The number of pyridine rings is 1. The molecule has 0 saturated heterocycles. The van der Waals surface area contributed by atoms with E-state index in [4.69, 9.17) is 11.6 Å². The molecule has 0 N–H and O–H groups in total. The SMILES string of the molecule is Cc1cccc(-c2c(Cl)cccc2Br)n1. The predicted molar refractivity (Wildman–Crippen MR) is 67.1 cm³/mol. The van der Waals surface area contributed by atoms with Crippen molar-refractivity contribution in [3.8, 4) is 11.3 Å². The zero-order valence-corrected chi connectivity index (χ0v) is 10.5. The van der Waals surface area contributed by atoms with E-state index in [1.807, 2.05) is 43.3 Å². The summed E-state index contributed by atoms with van der Waals surface area (Å²) in [5.74, 6) is 0. The molecule has 0 fully saturated rings. The van der Waals surface area contributed by atoms with Gasteiger partial charge < -0.3 is 0 Å². The van der Waals surface area contributed by atoms with E-state index in [-0.39, 0.29) is 0 Å². The third-order valence-electron chi connectivity index (χ3n) is 2.11. The Labute approximate surface area is 102 Å². The first-order chi connectivity index (χ1) is 7.18. The zero-order chi connectivity index (χ0) is 10.8. The lowest BCUT2D eigenvalue weighted by Crippen LogP contribution is -1.88. The van der Waals surface area contributed by atoms with Crippen LogP contribution in [0.4, 0.5) is 0 Å². The number of rotatable bonds is 1. The highest BCUT2D eigenvalue weighted by atomic mass is 79.9. The lowest BCUT2D eigenvalue weighted by atomic mass is 10.1. The van der Waals surface area contributed by atoms with Gasteiger partial charge in [-0.3, -0.25) is 4.98 Å². The molecule has 0 radical (unpaired) electrons. The Kier molecular flexibility index (Phi) is 3.08. The molecule has 3 heteroatoms. The van der Waals surface area contributed by atoms with Crippen LogP contribution in [0, 0.1) is 6.92 Å². The van der Waals surface area contributed by atoms with Gasteiger partial charge in [-0.15, -0.1) is 0 Å². The molecule has 1 aromatic carbocycles. The van der Waals surface area contributed by atoms with E-state index >= 15 is 0 Å². The maximum atomic E-state index is 6.15. The van der Waals surface area contributed by atoms with Gasteiger partial charge in [0.15, 0.2) is 0 Å². The van der Waals surface area contributed by atoms with E-state index in [1.54, 1.807) is 0 Å². The van der Waals surface area contributed by atoms with Crippen LogP contribution in [0.5, 0.6) is 0 Å². The zero-order valence-electron chi connectivity index (χ0n) is 8.17. The number of hydrogen-bond acceptors (Lipinski definition) is 1. The van der Waals surface area contributed by atoms with Crippen molar-refractivity contribution in [2.24, 2.45) is 0 Å². The molecule has 0 unspecified atom stereocenters. The maximum absolute atomic E-state index is 6.15. The van der Waals surface area contributed by atoms with Crippen LogP contribution in [0.2, 0.25) is 5.02 Å². The van der Waals surface area contributed by atoms with Crippen molar-refractivity contribution < 1.29 is 0 Å². The Balaban J connectivity index is 2.63. The summed E-state index contributed by atoms with van der Waals surface area (Å²) >= 11 is 9.63. The summed E-state index contributed by atoms with van der Waals surface area (Å²) < 4.78 is 0.966.